The van der Waals surface area contributed by atoms with Gasteiger partial charge in [-0.15, -0.1) is 0 Å². The molecule has 0 saturated heterocycles. The zero-order valence-corrected chi connectivity index (χ0v) is 16.0. The lowest BCUT2D eigenvalue weighted by molar-refractivity contribution is 0.0600. The Morgan fingerprint density at radius 2 is 1.73 bits per heavy atom. The summed E-state index contributed by atoms with van der Waals surface area (Å²) in [4.78, 5) is 11.6. The van der Waals surface area contributed by atoms with Crippen LogP contribution in [0.15, 0.2) is 41.3 Å². The van der Waals surface area contributed by atoms with E-state index in [4.69, 9.17) is 21.1 Å². The van der Waals surface area contributed by atoms with Gasteiger partial charge in [0, 0.05) is 6.54 Å². The quantitative estimate of drug-likeness (QED) is 0.720. The van der Waals surface area contributed by atoms with E-state index in [0.717, 1.165) is 0 Å². The van der Waals surface area contributed by atoms with Crippen molar-refractivity contribution in [3.8, 4) is 11.5 Å². The van der Waals surface area contributed by atoms with Crippen molar-refractivity contribution in [1.82, 2.24) is 4.72 Å². The number of sulfonamides is 1. The largest absolute Gasteiger partial charge is 0.493 e. The van der Waals surface area contributed by atoms with E-state index >= 15 is 0 Å². The molecule has 2 aromatic rings. The topological polar surface area (TPSA) is 90.9 Å². The first-order valence-corrected chi connectivity index (χ1v) is 9.27. The molecule has 0 aliphatic carbocycles. The minimum absolute atomic E-state index is 0.0249. The Bertz CT molecular complexity index is 913. The van der Waals surface area contributed by atoms with Gasteiger partial charge in [-0.3, -0.25) is 0 Å². The molecule has 0 fully saturated rings. The number of hydrogen-bond acceptors (Lipinski definition) is 6. The average Bonchev–Trinajstić information content (AvgIpc) is 2.65. The van der Waals surface area contributed by atoms with Crippen LogP contribution in [0.4, 0.5) is 0 Å². The second-order valence-corrected chi connectivity index (χ2v) is 7.32. The van der Waals surface area contributed by atoms with Gasteiger partial charge in [0.15, 0.2) is 11.5 Å². The van der Waals surface area contributed by atoms with E-state index in [1.54, 1.807) is 18.2 Å². The number of hydrogen-bond donors (Lipinski definition) is 1. The van der Waals surface area contributed by atoms with Crippen molar-refractivity contribution in [3.05, 3.63) is 52.5 Å². The second kappa shape index (κ2) is 8.39. The summed E-state index contributed by atoms with van der Waals surface area (Å²) in [6.07, 6.45) is 0. The van der Waals surface area contributed by atoms with Gasteiger partial charge in [-0.05, 0) is 35.9 Å². The van der Waals surface area contributed by atoms with Crippen LogP contribution in [-0.2, 0) is 21.3 Å². The number of halogens is 1. The SMILES string of the molecule is COC(=O)c1cc(S(=O)(=O)NCc2ccc(OC)c(OC)c2)ccc1Cl. The van der Waals surface area contributed by atoms with Crippen LogP contribution in [0.1, 0.15) is 15.9 Å². The smallest absolute Gasteiger partial charge is 0.339 e. The second-order valence-electron chi connectivity index (χ2n) is 5.15. The van der Waals surface area contributed by atoms with E-state index in [-0.39, 0.29) is 22.0 Å². The maximum absolute atomic E-state index is 12.5. The molecule has 7 nitrogen and oxygen atoms in total. The summed E-state index contributed by atoms with van der Waals surface area (Å²) in [6, 6.07) is 8.88. The van der Waals surface area contributed by atoms with Gasteiger partial charge in [-0.1, -0.05) is 17.7 Å². The molecule has 0 saturated carbocycles. The van der Waals surface area contributed by atoms with Gasteiger partial charge >= 0.3 is 5.97 Å². The molecule has 1 N–H and O–H groups in total. The Morgan fingerprint density at radius 3 is 2.35 bits per heavy atom. The van der Waals surface area contributed by atoms with Crippen LogP contribution in [0.2, 0.25) is 5.02 Å². The zero-order valence-electron chi connectivity index (χ0n) is 14.4. The van der Waals surface area contributed by atoms with Crippen LogP contribution in [0.5, 0.6) is 11.5 Å². The molecule has 0 radical (unpaired) electrons. The van der Waals surface area contributed by atoms with Gasteiger partial charge in [0.1, 0.15) is 0 Å². The maximum Gasteiger partial charge on any atom is 0.339 e. The van der Waals surface area contributed by atoms with E-state index in [9.17, 15) is 13.2 Å². The molecule has 0 aliphatic heterocycles. The van der Waals surface area contributed by atoms with Gasteiger partial charge < -0.3 is 14.2 Å². The van der Waals surface area contributed by atoms with Crippen LogP contribution < -0.4 is 14.2 Å². The number of rotatable bonds is 7. The van der Waals surface area contributed by atoms with E-state index < -0.39 is 16.0 Å². The Balaban J connectivity index is 2.23. The number of ether oxygens (including phenoxy) is 3. The highest BCUT2D eigenvalue weighted by Gasteiger charge is 2.19. The minimum atomic E-state index is -3.86. The van der Waals surface area contributed by atoms with Crippen molar-refractivity contribution >= 4 is 27.6 Å². The summed E-state index contributed by atoms with van der Waals surface area (Å²) in [5.41, 5.74) is 0.650. The third-order valence-electron chi connectivity index (χ3n) is 3.57. The number of nitrogens with one attached hydrogen (secondary N) is 1. The normalized spacial score (nSPS) is 11.1. The molecular formula is C17H18ClNO6S. The standard InChI is InChI=1S/C17H18ClNO6S/c1-23-15-7-4-11(8-16(15)24-2)10-19-26(21,22)12-5-6-14(18)13(9-12)17(20)25-3/h4-9,19H,10H2,1-3H3. The predicted molar refractivity (Wildman–Crippen MR) is 96.4 cm³/mol. The highest BCUT2D eigenvalue weighted by molar-refractivity contribution is 7.89. The van der Waals surface area contributed by atoms with Gasteiger partial charge in [0.05, 0.1) is 36.8 Å². The summed E-state index contributed by atoms with van der Waals surface area (Å²) in [7, 11) is 0.334. The first kappa shape index (κ1) is 20.0. The Morgan fingerprint density at radius 1 is 1.04 bits per heavy atom. The van der Waals surface area contributed by atoms with Gasteiger partial charge in [0.2, 0.25) is 10.0 Å². The summed E-state index contributed by atoms with van der Waals surface area (Å²) < 4.78 is 42.4. The van der Waals surface area contributed by atoms with Crippen molar-refractivity contribution in [2.24, 2.45) is 0 Å². The van der Waals surface area contributed by atoms with Crippen molar-refractivity contribution in [3.63, 3.8) is 0 Å². The molecule has 26 heavy (non-hydrogen) atoms. The van der Waals surface area contributed by atoms with E-state index in [2.05, 4.69) is 9.46 Å². The summed E-state index contributed by atoms with van der Waals surface area (Å²) in [6.45, 7) is 0.0267. The molecule has 0 aromatic heterocycles. The fourth-order valence-electron chi connectivity index (χ4n) is 2.19. The molecule has 0 unspecified atom stereocenters. The summed E-state index contributed by atoms with van der Waals surface area (Å²) in [5.74, 6) is 0.315. The molecule has 0 bridgehead atoms. The molecule has 9 heteroatoms. The fraction of sp³-hybridized carbons (Fsp3) is 0.235. The fourth-order valence-corrected chi connectivity index (χ4v) is 3.43. The van der Waals surface area contributed by atoms with Crippen LogP contribution in [0.3, 0.4) is 0 Å². The molecule has 0 atom stereocenters. The Hall–Kier alpha value is -2.29. The number of carbonyl (C=O) groups excluding carboxylic acids is 1. The monoisotopic (exact) mass is 399 g/mol. The van der Waals surface area contributed by atoms with Crippen LogP contribution in [-0.4, -0.2) is 35.7 Å². The highest BCUT2D eigenvalue weighted by atomic mass is 35.5. The van der Waals surface area contributed by atoms with Crippen LogP contribution >= 0.6 is 11.6 Å². The highest BCUT2D eigenvalue weighted by Crippen LogP contribution is 2.28. The first-order valence-electron chi connectivity index (χ1n) is 7.40. The molecule has 0 heterocycles. The molecule has 0 amide bonds. The van der Waals surface area contributed by atoms with E-state index in [0.29, 0.717) is 17.1 Å². The number of benzene rings is 2. The zero-order chi connectivity index (χ0) is 19.3. The van der Waals surface area contributed by atoms with Crippen molar-refractivity contribution in [1.29, 1.82) is 0 Å². The molecule has 0 aliphatic rings. The van der Waals surface area contributed by atoms with Crippen molar-refractivity contribution < 1.29 is 27.4 Å². The lowest BCUT2D eigenvalue weighted by atomic mass is 10.2. The van der Waals surface area contributed by atoms with Gasteiger partial charge in [-0.25, -0.2) is 17.9 Å². The Kier molecular flexibility index (Phi) is 6.47. The Labute approximate surface area is 156 Å². The lowest BCUT2D eigenvalue weighted by Gasteiger charge is -2.11. The van der Waals surface area contributed by atoms with E-state index in [1.165, 1.54) is 39.5 Å². The number of esters is 1. The van der Waals surface area contributed by atoms with Crippen LogP contribution in [0, 0.1) is 0 Å². The number of methoxy groups -OCH3 is 3. The minimum Gasteiger partial charge on any atom is -0.493 e. The predicted octanol–water partition coefficient (Wildman–Crippen LogP) is 2.62. The third-order valence-corrected chi connectivity index (χ3v) is 5.30. The molecule has 2 aromatic carbocycles. The summed E-state index contributed by atoms with van der Waals surface area (Å²) in [5, 5.41) is 0.107. The molecular weight excluding hydrogens is 382 g/mol. The molecule has 2 rings (SSSR count). The maximum atomic E-state index is 12.5. The third kappa shape index (κ3) is 4.46. The average molecular weight is 400 g/mol. The van der Waals surface area contributed by atoms with Crippen molar-refractivity contribution in [2.45, 2.75) is 11.4 Å². The first-order chi connectivity index (χ1) is 12.3. The summed E-state index contributed by atoms with van der Waals surface area (Å²) >= 11 is 5.91. The van der Waals surface area contributed by atoms with E-state index in [1.807, 2.05) is 0 Å². The molecule has 140 valence electrons. The van der Waals surface area contributed by atoms with Crippen LogP contribution in [0.25, 0.3) is 0 Å². The number of carbonyl (C=O) groups is 1. The van der Waals surface area contributed by atoms with Gasteiger partial charge in [0.25, 0.3) is 0 Å². The lowest BCUT2D eigenvalue weighted by Crippen LogP contribution is -2.23. The van der Waals surface area contributed by atoms with Crippen molar-refractivity contribution in [2.75, 3.05) is 21.3 Å². The van der Waals surface area contributed by atoms with Gasteiger partial charge in [-0.2, -0.15) is 0 Å². The molecule has 0 spiro atoms.